The first kappa shape index (κ1) is 28.0. The third kappa shape index (κ3) is 4.83. The van der Waals surface area contributed by atoms with Crippen molar-refractivity contribution in [2.24, 2.45) is 10.9 Å². The van der Waals surface area contributed by atoms with Gasteiger partial charge in [-0.05, 0) is 51.2 Å². The van der Waals surface area contributed by atoms with Crippen molar-refractivity contribution >= 4 is 46.8 Å². The molecule has 2 aromatic rings. The van der Waals surface area contributed by atoms with Crippen LogP contribution >= 0.6 is 22.9 Å². The summed E-state index contributed by atoms with van der Waals surface area (Å²) >= 11 is 7.79. The normalized spacial score (nSPS) is 25.6. The fourth-order valence-electron chi connectivity index (χ4n) is 6.02. The quantitative estimate of drug-likeness (QED) is 0.444. The molecule has 0 aliphatic carbocycles. The van der Waals surface area contributed by atoms with E-state index in [2.05, 4.69) is 10.3 Å². The largest absolute Gasteiger partial charge is 0.481 e. The Morgan fingerprint density at radius 3 is 2.80 bits per heavy atom. The van der Waals surface area contributed by atoms with Gasteiger partial charge in [0.1, 0.15) is 17.5 Å². The fraction of sp³-hybridized carbons (Fsp3) is 0.444. The molecule has 0 bridgehead atoms. The summed E-state index contributed by atoms with van der Waals surface area (Å²) in [5.74, 6) is -1.91. The number of methoxy groups -OCH3 is 1. The standard InChI is InChI=1S/C27H28ClFN4O6S/c1-26(2)27(13-19(34)35)12-14(6-8-33(27)25(37)39-26)10-18-20(24(36)38-3)21(16-5-4-15(29)11-17(16)28)32-22(31-18)23-30-7-9-40-23/h4-5,7,9,11,14,21H,6,8,10,12-13H2,1-3H3,(H,31,32)(H,34,35)/t14?,21-,27+/m0/s1. The molecule has 1 amide bonds. The highest BCUT2D eigenvalue weighted by molar-refractivity contribution is 7.11. The smallest absolute Gasteiger partial charge is 0.411 e. The lowest BCUT2D eigenvalue weighted by Gasteiger charge is -2.48. The summed E-state index contributed by atoms with van der Waals surface area (Å²) in [6, 6.07) is 3.00. The lowest BCUT2D eigenvalue weighted by Crippen LogP contribution is -2.60. The summed E-state index contributed by atoms with van der Waals surface area (Å²) in [6.45, 7) is 3.77. The molecule has 2 saturated heterocycles. The first-order chi connectivity index (χ1) is 19.0. The number of nitrogens with zero attached hydrogens (tertiary/aromatic N) is 3. The van der Waals surface area contributed by atoms with Crippen LogP contribution in [0.5, 0.6) is 0 Å². The predicted octanol–water partition coefficient (Wildman–Crippen LogP) is 4.70. The monoisotopic (exact) mass is 590 g/mol. The molecule has 0 saturated carbocycles. The van der Waals surface area contributed by atoms with Gasteiger partial charge in [0, 0.05) is 34.4 Å². The number of aliphatic imine (C=N–C) groups is 1. The van der Waals surface area contributed by atoms with Gasteiger partial charge in [-0.15, -0.1) is 11.3 Å². The van der Waals surface area contributed by atoms with Crippen molar-refractivity contribution < 1.29 is 33.4 Å². The number of carboxylic acid groups (broad SMARTS) is 1. The highest BCUT2D eigenvalue weighted by atomic mass is 35.5. The Hall–Kier alpha value is -3.51. The van der Waals surface area contributed by atoms with Crippen LogP contribution in [-0.4, -0.2) is 63.7 Å². The lowest BCUT2D eigenvalue weighted by atomic mass is 9.69. The molecule has 10 nitrogen and oxygen atoms in total. The Balaban J connectivity index is 1.58. The van der Waals surface area contributed by atoms with Gasteiger partial charge < -0.3 is 19.9 Å². The summed E-state index contributed by atoms with van der Waals surface area (Å²) in [5.41, 5.74) is -0.956. The van der Waals surface area contributed by atoms with E-state index in [4.69, 9.17) is 26.1 Å². The molecular formula is C27H28ClFN4O6S. The van der Waals surface area contributed by atoms with Gasteiger partial charge in [-0.3, -0.25) is 14.7 Å². The predicted molar refractivity (Wildman–Crippen MR) is 145 cm³/mol. The summed E-state index contributed by atoms with van der Waals surface area (Å²) in [7, 11) is 1.26. The number of allylic oxidation sites excluding steroid dienone is 1. The minimum Gasteiger partial charge on any atom is -0.481 e. The average molecular weight is 591 g/mol. The Bertz CT molecular complexity index is 1430. The van der Waals surface area contributed by atoms with Crippen molar-refractivity contribution in [3.8, 4) is 0 Å². The zero-order valence-corrected chi connectivity index (χ0v) is 23.6. The van der Waals surface area contributed by atoms with Gasteiger partial charge in [-0.1, -0.05) is 17.7 Å². The number of aromatic nitrogens is 1. The van der Waals surface area contributed by atoms with E-state index < -0.39 is 41.0 Å². The Morgan fingerprint density at radius 2 is 2.15 bits per heavy atom. The Labute approximate surface area is 238 Å². The van der Waals surface area contributed by atoms with E-state index in [-0.39, 0.29) is 22.9 Å². The number of cyclic esters (lactones) is 1. The van der Waals surface area contributed by atoms with Crippen LogP contribution in [0.4, 0.5) is 9.18 Å². The number of thiazole rings is 1. The molecule has 1 aromatic heterocycles. The highest BCUT2D eigenvalue weighted by Crippen LogP contribution is 2.50. The van der Waals surface area contributed by atoms with Crippen molar-refractivity contribution in [2.45, 2.75) is 56.7 Å². The molecule has 3 aliphatic heterocycles. The van der Waals surface area contributed by atoms with Crippen molar-refractivity contribution in [3.05, 3.63) is 62.5 Å². The summed E-state index contributed by atoms with van der Waals surface area (Å²) in [5, 5.41) is 15.5. The maximum Gasteiger partial charge on any atom is 0.411 e. The van der Waals surface area contributed by atoms with E-state index in [0.717, 1.165) is 6.07 Å². The maximum atomic E-state index is 13.9. The van der Waals surface area contributed by atoms with Crippen LogP contribution in [0.2, 0.25) is 5.02 Å². The van der Waals surface area contributed by atoms with E-state index in [1.54, 1.807) is 25.4 Å². The molecular weight excluding hydrogens is 563 g/mol. The number of hydrogen-bond acceptors (Lipinski definition) is 9. The molecule has 4 heterocycles. The first-order valence-electron chi connectivity index (χ1n) is 12.7. The molecule has 13 heteroatoms. The molecule has 3 aliphatic rings. The van der Waals surface area contributed by atoms with Crippen LogP contribution in [0.15, 0.2) is 46.0 Å². The van der Waals surface area contributed by atoms with E-state index >= 15 is 0 Å². The number of fused-ring (bicyclic) bond motifs is 1. The van der Waals surface area contributed by atoms with E-state index in [1.165, 1.54) is 35.5 Å². The molecule has 2 N–H and O–H groups in total. The summed E-state index contributed by atoms with van der Waals surface area (Å²) in [6.07, 6.45) is 2.04. The van der Waals surface area contributed by atoms with Crippen LogP contribution in [0.25, 0.3) is 0 Å². The van der Waals surface area contributed by atoms with Crippen LogP contribution in [0.1, 0.15) is 56.1 Å². The van der Waals surface area contributed by atoms with Gasteiger partial charge in [0.2, 0.25) is 0 Å². The molecule has 0 radical (unpaired) electrons. The number of rotatable bonds is 7. The average Bonchev–Trinajstić information content (AvgIpc) is 3.48. The van der Waals surface area contributed by atoms with Crippen LogP contribution in [-0.2, 0) is 19.1 Å². The molecule has 1 aromatic carbocycles. The number of amides is 1. The lowest BCUT2D eigenvalue weighted by molar-refractivity contribution is -0.143. The number of carbonyl (C=O) groups is 3. The number of hydrogen-bond donors (Lipinski definition) is 2. The van der Waals surface area contributed by atoms with Crippen molar-refractivity contribution in [1.82, 2.24) is 15.2 Å². The zero-order valence-electron chi connectivity index (χ0n) is 22.1. The van der Waals surface area contributed by atoms with E-state index in [9.17, 15) is 23.9 Å². The molecule has 1 unspecified atom stereocenters. The molecule has 3 atom stereocenters. The van der Waals surface area contributed by atoms with Crippen molar-refractivity contribution in [2.75, 3.05) is 13.7 Å². The molecule has 5 rings (SSSR count). The second-order valence-electron chi connectivity index (χ2n) is 10.6. The van der Waals surface area contributed by atoms with E-state index in [0.29, 0.717) is 47.9 Å². The van der Waals surface area contributed by atoms with Gasteiger partial charge in [-0.25, -0.2) is 19.0 Å². The molecule has 40 heavy (non-hydrogen) atoms. The zero-order chi connectivity index (χ0) is 28.8. The Kier molecular flexibility index (Phi) is 7.34. The van der Waals surface area contributed by atoms with E-state index in [1.807, 2.05) is 0 Å². The number of ether oxygens (including phenoxy) is 2. The maximum absolute atomic E-state index is 13.9. The number of nitrogens with one attached hydrogen (secondary N) is 1. The fourth-order valence-corrected chi connectivity index (χ4v) is 6.88. The minimum atomic E-state index is -1.06. The number of carboxylic acids is 1. The van der Waals surface area contributed by atoms with Gasteiger partial charge in [0.05, 0.1) is 24.6 Å². The summed E-state index contributed by atoms with van der Waals surface area (Å²) < 4.78 is 24.7. The third-order valence-corrected chi connectivity index (χ3v) is 9.05. The topological polar surface area (TPSA) is 130 Å². The van der Waals surface area contributed by atoms with Gasteiger partial charge >= 0.3 is 18.0 Å². The third-order valence-electron chi connectivity index (χ3n) is 7.95. The molecule has 212 valence electrons. The number of esters is 1. The molecule has 2 fully saturated rings. The number of amidine groups is 1. The van der Waals surface area contributed by atoms with Gasteiger partial charge in [-0.2, -0.15) is 0 Å². The Morgan fingerprint density at radius 1 is 1.38 bits per heavy atom. The van der Waals surface area contributed by atoms with Crippen molar-refractivity contribution in [1.29, 1.82) is 0 Å². The van der Waals surface area contributed by atoms with Crippen LogP contribution in [0.3, 0.4) is 0 Å². The number of benzene rings is 1. The second kappa shape index (κ2) is 10.5. The van der Waals surface area contributed by atoms with Gasteiger partial charge in [0.25, 0.3) is 0 Å². The number of carbonyl (C=O) groups excluding carboxylic acids is 2. The van der Waals surface area contributed by atoms with Gasteiger partial charge in [0.15, 0.2) is 10.8 Å². The van der Waals surface area contributed by atoms with Crippen LogP contribution in [0, 0.1) is 11.7 Å². The number of aliphatic carboxylic acids is 1. The van der Waals surface area contributed by atoms with Crippen LogP contribution < -0.4 is 5.32 Å². The second-order valence-corrected chi connectivity index (χ2v) is 11.9. The summed E-state index contributed by atoms with van der Waals surface area (Å²) in [4.78, 5) is 48.5. The number of piperidine rings is 1. The molecule has 0 spiro atoms. The first-order valence-corrected chi connectivity index (χ1v) is 13.9. The van der Waals surface area contributed by atoms with Crippen molar-refractivity contribution in [3.63, 3.8) is 0 Å². The minimum absolute atomic E-state index is 0.104. The highest BCUT2D eigenvalue weighted by Gasteiger charge is 2.63. The number of halogens is 2. The SMILES string of the molecule is COC(=O)C1=C(CC2CCN3C(=O)OC(C)(C)[C@]3(CC(=O)O)C2)NC(c2nccs2)=N[C@H]1c1ccc(F)cc1Cl.